The first-order valence-corrected chi connectivity index (χ1v) is 11.1. The molecule has 0 aromatic heterocycles. The smallest absolute Gasteiger partial charge is 0.305 e. The molecular formula is C23H39NO6. The molecule has 0 amide bonds. The number of ether oxygens (including phenoxy) is 5. The number of hydrogen-bond donors (Lipinski definition) is 1. The van der Waals surface area contributed by atoms with E-state index in [0.717, 1.165) is 18.6 Å². The lowest BCUT2D eigenvalue weighted by atomic mass is 10.1. The molecule has 0 aliphatic carbocycles. The molecular weight excluding hydrogens is 386 g/mol. The van der Waals surface area contributed by atoms with Crippen LogP contribution in [-0.4, -0.2) is 58.8 Å². The third-order valence-corrected chi connectivity index (χ3v) is 4.35. The lowest BCUT2D eigenvalue weighted by molar-refractivity contribution is -0.145. The zero-order chi connectivity index (χ0) is 21.7. The Bertz CT molecular complexity index is 523. The van der Waals surface area contributed by atoms with Gasteiger partial charge < -0.3 is 29.4 Å². The van der Waals surface area contributed by atoms with E-state index in [4.69, 9.17) is 29.4 Å². The van der Waals surface area contributed by atoms with Crippen molar-refractivity contribution in [2.75, 3.05) is 58.6 Å². The lowest BCUT2D eigenvalue weighted by Gasteiger charge is -2.08. The molecule has 0 unspecified atom stereocenters. The molecule has 0 saturated carbocycles. The molecule has 0 saturated heterocycles. The summed E-state index contributed by atoms with van der Waals surface area (Å²) in [7, 11) is 0. The van der Waals surface area contributed by atoms with E-state index in [1.165, 1.54) is 25.7 Å². The molecule has 0 aliphatic heterocycles. The molecule has 172 valence electrons. The van der Waals surface area contributed by atoms with Gasteiger partial charge in [-0.2, -0.15) is 0 Å². The molecule has 0 atom stereocenters. The minimum absolute atomic E-state index is 0.136. The van der Waals surface area contributed by atoms with Gasteiger partial charge >= 0.3 is 5.97 Å². The maximum absolute atomic E-state index is 11.6. The molecule has 7 heteroatoms. The number of carbonyl (C=O) groups excluding carboxylic acids is 1. The number of nitrogen functional groups attached to an aromatic ring is 1. The van der Waals surface area contributed by atoms with E-state index in [2.05, 4.69) is 6.92 Å². The van der Waals surface area contributed by atoms with Crippen LogP contribution < -0.4 is 10.5 Å². The van der Waals surface area contributed by atoms with Gasteiger partial charge in [0.05, 0.1) is 39.6 Å². The van der Waals surface area contributed by atoms with Crippen LogP contribution in [0.3, 0.4) is 0 Å². The Morgan fingerprint density at radius 1 is 0.733 bits per heavy atom. The van der Waals surface area contributed by atoms with E-state index in [-0.39, 0.29) is 5.97 Å². The van der Waals surface area contributed by atoms with Crippen molar-refractivity contribution >= 4 is 11.7 Å². The van der Waals surface area contributed by atoms with Gasteiger partial charge in [-0.05, 0) is 30.7 Å². The maximum Gasteiger partial charge on any atom is 0.305 e. The van der Waals surface area contributed by atoms with Gasteiger partial charge in [0, 0.05) is 12.1 Å². The molecule has 0 spiro atoms. The number of unbranched alkanes of at least 4 members (excludes halogenated alkanes) is 5. The van der Waals surface area contributed by atoms with Gasteiger partial charge in [0.15, 0.2) is 0 Å². The average molecular weight is 426 g/mol. The number of carbonyl (C=O) groups is 1. The highest BCUT2D eigenvalue weighted by Gasteiger charge is 2.02. The zero-order valence-corrected chi connectivity index (χ0v) is 18.4. The number of anilines is 1. The summed E-state index contributed by atoms with van der Waals surface area (Å²) in [5.41, 5.74) is 6.33. The molecule has 30 heavy (non-hydrogen) atoms. The standard InChI is InChI=1S/C23H39NO6/c1-2-3-4-5-6-7-8-23(25)30-20-18-28-16-14-26-13-15-27-17-19-29-22-11-9-21(24)10-12-22/h9-12H,2-8,13-20,24H2,1H3. The van der Waals surface area contributed by atoms with E-state index in [1.54, 1.807) is 12.1 Å². The molecule has 0 heterocycles. The first-order valence-electron chi connectivity index (χ1n) is 11.1. The Kier molecular flexibility index (Phi) is 16.7. The fourth-order valence-electron chi connectivity index (χ4n) is 2.66. The van der Waals surface area contributed by atoms with Crippen molar-refractivity contribution in [2.45, 2.75) is 51.9 Å². The summed E-state index contributed by atoms with van der Waals surface area (Å²) in [5.74, 6) is 0.636. The molecule has 0 radical (unpaired) electrons. The summed E-state index contributed by atoms with van der Waals surface area (Å²) < 4.78 is 26.9. The molecule has 1 rings (SSSR count). The van der Waals surface area contributed by atoms with Gasteiger partial charge in [-0.3, -0.25) is 4.79 Å². The Hall–Kier alpha value is -1.83. The monoisotopic (exact) mass is 425 g/mol. The Morgan fingerprint density at radius 3 is 1.90 bits per heavy atom. The van der Waals surface area contributed by atoms with Gasteiger partial charge in [0.1, 0.15) is 19.0 Å². The van der Waals surface area contributed by atoms with Crippen molar-refractivity contribution in [3.8, 4) is 5.75 Å². The number of esters is 1. The molecule has 0 bridgehead atoms. The third kappa shape index (κ3) is 16.0. The molecule has 1 aromatic rings. The van der Waals surface area contributed by atoms with Crippen LogP contribution in [0.5, 0.6) is 5.75 Å². The van der Waals surface area contributed by atoms with Gasteiger partial charge in [0.2, 0.25) is 0 Å². The van der Waals surface area contributed by atoms with Crippen LogP contribution in [0.4, 0.5) is 5.69 Å². The zero-order valence-electron chi connectivity index (χ0n) is 18.4. The second-order valence-corrected chi connectivity index (χ2v) is 6.99. The van der Waals surface area contributed by atoms with E-state index in [0.29, 0.717) is 65.0 Å². The van der Waals surface area contributed by atoms with Crippen LogP contribution in [0, 0.1) is 0 Å². The number of benzene rings is 1. The van der Waals surface area contributed by atoms with Crippen LogP contribution in [0.2, 0.25) is 0 Å². The molecule has 7 nitrogen and oxygen atoms in total. The van der Waals surface area contributed by atoms with Crippen molar-refractivity contribution in [3.05, 3.63) is 24.3 Å². The van der Waals surface area contributed by atoms with E-state index < -0.39 is 0 Å². The summed E-state index contributed by atoms with van der Waals surface area (Å²) in [6, 6.07) is 7.25. The fourth-order valence-corrected chi connectivity index (χ4v) is 2.66. The summed E-state index contributed by atoms with van der Waals surface area (Å²) in [6.07, 6.45) is 7.48. The molecule has 0 fully saturated rings. The van der Waals surface area contributed by atoms with E-state index in [9.17, 15) is 4.79 Å². The maximum atomic E-state index is 11.6. The van der Waals surface area contributed by atoms with Crippen molar-refractivity contribution < 1.29 is 28.5 Å². The molecule has 0 aliphatic rings. The second-order valence-electron chi connectivity index (χ2n) is 6.99. The summed E-state index contributed by atoms with van der Waals surface area (Å²) in [6.45, 7) is 5.81. The fraction of sp³-hybridized carbons (Fsp3) is 0.696. The van der Waals surface area contributed by atoms with Crippen LogP contribution in [0.1, 0.15) is 51.9 Å². The topological polar surface area (TPSA) is 89.2 Å². The van der Waals surface area contributed by atoms with Crippen molar-refractivity contribution in [1.29, 1.82) is 0 Å². The quantitative estimate of drug-likeness (QED) is 0.192. The highest BCUT2D eigenvalue weighted by Crippen LogP contribution is 2.12. The Morgan fingerprint density at radius 2 is 1.27 bits per heavy atom. The normalized spacial score (nSPS) is 10.8. The summed E-state index contributed by atoms with van der Waals surface area (Å²) in [5, 5.41) is 0. The SMILES string of the molecule is CCCCCCCCC(=O)OCCOCCOCCOCCOc1ccc(N)cc1. The third-order valence-electron chi connectivity index (χ3n) is 4.35. The minimum atomic E-state index is -0.136. The van der Waals surface area contributed by atoms with Gasteiger partial charge in [-0.25, -0.2) is 0 Å². The van der Waals surface area contributed by atoms with Gasteiger partial charge in [-0.15, -0.1) is 0 Å². The summed E-state index contributed by atoms with van der Waals surface area (Å²) >= 11 is 0. The first kappa shape index (κ1) is 26.2. The number of nitrogens with two attached hydrogens (primary N) is 1. The average Bonchev–Trinajstić information content (AvgIpc) is 2.75. The Labute approximate surface area is 181 Å². The van der Waals surface area contributed by atoms with Crippen molar-refractivity contribution in [2.24, 2.45) is 0 Å². The number of rotatable bonds is 20. The predicted octanol–water partition coefficient (Wildman–Crippen LogP) is 3.99. The molecule has 2 N–H and O–H groups in total. The summed E-state index contributed by atoms with van der Waals surface area (Å²) in [4.78, 5) is 11.6. The first-order chi connectivity index (χ1) is 14.7. The second kappa shape index (κ2) is 19.2. The predicted molar refractivity (Wildman–Crippen MR) is 118 cm³/mol. The van der Waals surface area contributed by atoms with Crippen LogP contribution in [0.15, 0.2) is 24.3 Å². The van der Waals surface area contributed by atoms with Crippen LogP contribution in [0.25, 0.3) is 0 Å². The lowest BCUT2D eigenvalue weighted by Crippen LogP contribution is -2.14. The van der Waals surface area contributed by atoms with Crippen molar-refractivity contribution in [3.63, 3.8) is 0 Å². The van der Waals surface area contributed by atoms with E-state index >= 15 is 0 Å². The van der Waals surface area contributed by atoms with Crippen LogP contribution >= 0.6 is 0 Å². The van der Waals surface area contributed by atoms with Gasteiger partial charge in [-0.1, -0.05) is 39.0 Å². The van der Waals surface area contributed by atoms with Crippen LogP contribution in [-0.2, 0) is 23.7 Å². The largest absolute Gasteiger partial charge is 0.491 e. The Balaban J connectivity index is 1.76. The van der Waals surface area contributed by atoms with Gasteiger partial charge in [0.25, 0.3) is 0 Å². The number of hydrogen-bond acceptors (Lipinski definition) is 7. The van der Waals surface area contributed by atoms with Crippen molar-refractivity contribution in [1.82, 2.24) is 0 Å². The highest BCUT2D eigenvalue weighted by molar-refractivity contribution is 5.69. The highest BCUT2D eigenvalue weighted by atomic mass is 16.6. The minimum Gasteiger partial charge on any atom is -0.491 e. The molecule has 1 aromatic carbocycles. The van der Waals surface area contributed by atoms with E-state index in [1.807, 2.05) is 12.1 Å².